The van der Waals surface area contributed by atoms with Crippen molar-refractivity contribution >= 4 is 27.0 Å². The number of sulfone groups is 1. The molecule has 0 radical (unpaired) electrons. The molecule has 0 fully saturated rings. The lowest BCUT2D eigenvalue weighted by Gasteiger charge is -2.12. The highest BCUT2D eigenvalue weighted by atomic mass is 35.5. The standard InChI is InChI=1S/C21H18ClN3O4S/c1-13-9-18(25-8-7-23-20(26)19(13)25)17-10-14(12-30(2,27)28)11-24-21(17)29-16-5-3-15(22)4-6-16/h3-11H,12H2,1-2H3,(H,23,26). The second-order valence-electron chi connectivity index (χ2n) is 7.04. The first kappa shape index (κ1) is 20.2. The van der Waals surface area contributed by atoms with Gasteiger partial charge in [0.05, 0.1) is 17.0 Å². The summed E-state index contributed by atoms with van der Waals surface area (Å²) in [5, 5.41) is 0.575. The Morgan fingerprint density at radius 1 is 1.20 bits per heavy atom. The van der Waals surface area contributed by atoms with Crippen molar-refractivity contribution in [1.82, 2.24) is 14.4 Å². The van der Waals surface area contributed by atoms with Crippen molar-refractivity contribution in [2.24, 2.45) is 0 Å². The third-order valence-electron chi connectivity index (χ3n) is 4.52. The van der Waals surface area contributed by atoms with Crippen LogP contribution in [0.2, 0.25) is 5.02 Å². The molecule has 0 aliphatic heterocycles. The number of nitrogens with one attached hydrogen (secondary N) is 1. The third-order valence-corrected chi connectivity index (χ3v) is 5.63. The average Bonchev–Trinajstić information content (AvgIpc) is 3.01. The molecular formula is C21H18ClN3O4S. The van der Waals surface area contributed by atoms with Crippen molar-refractivity contribution < 1.29 is 13.2 Å². The van der Waals surface area contributed by atoms with Crippen LogP contribution in [0.1, 0.15) is 11.1 Å². The van der Waals surface area contributed by atoms with Gasteiger partial charge in [0.2, 0.25) is 5.88 Å². The lowest BCUT2D eigenvalue weighted by atomic mass is 10.1. The summed E-state index contributed by atoms with van der Waals surface area (Å²) in [4.78, 5) is 19.3. The number of halogens is 1. The highest BCUT2D eigenvalue weighted by Gasteiger charge is 2.18. The maximum absolute atomic E-state index is 12.3. The fourth-order valence-corrected chi connectivity index (χ4v) is 4.21. The number of hydrogen-bond donors (Lipinski definition) is 1. The molecule has 3 aromatic heterocycles. The van der Waals surface area contributed by atoms with Gasteiger partial charge in [-0.15, -0.1) is 0 Å². The number of H-pyrrole nitrogens is 1. The summed E-state index contributed by atoms with van der Waals surface area (Å²) < 4.78 is 31.3. The minimum absolute atomic E-state index is 0.156. The Morgan fingerprint density at radius 2 is 1.93 bits per heavy atom. The van der Waals surface area contributed by atoms with E-state index >= 15 is 0 Å². The molecule has 1 aromatic carbocycles. The monoisotopic (exact) mass is 443 g/mol. The molecule has 0 aliphatic rings. The molecule has 4 rings (SSSR count). The number of pyridine rings is 1. The zero-order chi connectivity index (χ0) is 21.5. The van der Waals surface area contributed by atoms with Crippen molar-refractivity contribution in [3.8, 4) is 22.9 Å². The van der Waals surface area contributed by atoms with E-state index in [9.17, 15) is 13.2 Å². The Hall–Kier alpha value is -3.10. The van der Waals surface area contributed by atoms with Crippen molar-refractivity contribution in [3.05, 3.63) is 81.5 Å². The van der Waals surface area contributed by atoms with Crippen LogP contribution in [0.3, 0.4) is 0 Å². The predicted octanol–water partition coefficient (Wildman–Crippen LogP) is 3.99. The average molecular weight is 444 g/mol. The summed E-state index contributed by atoms with van der Waals surface area (Å²) in [6.45, 7) is 1.83. The molecule has 1 N–H and O–H groups in total. The third kappa shape index (κ3) is 4.10. The number of ether oxygens (including phenoxy) is 1. The second kappa shape index (κ2) is 7.62. The molecule has 9 heteroatoms. The molecular weight excluding hydrogens is 426 g/mol. The summed E-state index contributed by atoms with van der Waals surface area (Å²) in [5.41, 5.74) is 2.81. The molecule has 0 bridgehead atoms. The fraction of sp³-hybridized carbons (Fsp3) is 0.143. The van der Waals surface area contributed by atoms with Gasteiger partial charge in [-0.05, 0) is 54.4 Å². The predicted molar refractivity (Wildman–Crippen MR) is 116 cm³/mol. The normalized spacial score (nSPS) is 11.7. The van der Waals surface area contributed by atoms with Crippen LogP contribution in [0, 0.1) is 6.92 Å². The van der Waals surface area contributed by atoms with Gasteiger partial charge in [0.1, 0.15) is 11.3 Å². The molecule has 0 aliphatic carbocycles. The number of aromatic nitrogens is 3. The smallest absolute Gasteiger partial charge is 0.272 e. The Morgan fingerprint density at radius 3 is 2.63 bits per heavy atom. The minimum Gasteiger partial charge on any atom is -0.438 e. The number of aryl methyl sites for hydroxylation is 1. The largest absolute Gasteiger partial charge is 0.438 e. The zero-order valence-electron chi connectivity index (χ0n) is 16.2. The van der Waals surface area contributed by atoms with Gasteiger partial charge in [0, 0.05) is 29.9 Å². The van der Waals surface area contributed by atoms with Gasteiger partial charge in [-0.25, -0.2) is 13.4 Å². The highest BCUT2D eigenvalue weighted by molar-refractivity contribution is 7.89. The molecule has 30 heavy (non-hydrogen) atoms. The molecule has 3 heterocycles. The van der Waals surface area contributed by atoms with E-state index in [1.54, 1.807) is 47.1 Å². The topological polar surface area (TPSA) is 93.5 Å². The number of rotatable bonds is 5. The zero-order valence-corrected chi connectivity index (χ0v) is 17.8. The maximum Gasteiger partial charge on any atom is 0.272 e. The van der Waals surface area contributed by atoms with E-state index in [-0.39, 0.29) is 17.2 Å². The first-order valence-corrected chi connectivity index (χ1v) is 11.4. The Balaban J connectivity index is 1.91. The van der Waals surface area contributed by atoms with Crippen LogP contribution >= 0.6 is 11.6 Å². The number of fused-ring (bicyclic) bond motifs is 1. The number of hydrogen-bond acceptors (Lipinski definition) is 5. The highest BCUT2D eigenvalue weighted by Crippen LogP contribution is 2.34. The van der Waals surface area contributed by atoms with Gasteiger partial charge in [-0.3, -0.25) is 4.79 Å². The van der Waals surface area contributed by atoms with Crippen molar-refractivity contribution in [3.63, 3.8) is 0 Å². The molecule has 0 atom stereocenters. The van der Waals surface area contributed by atoms with Gasteiger partial charge < -0.3 is 14.1 Å². The van der Waals surface area contributed by atoms with Crippen LogP contribution in [-0.2, 0) is 15.6 Å². The van der Waals surface area contributed by atoms with E-state index in [0.717, 1.165) is 5.56 Å². The summed E-state index contributed by atoms with van der Waals surface area (Å²) >= 11 is 5.94. The summed E-state index contributed by atoms with van der Waals surface area (Å²) in [5.74, 6) is 0.658. The summed E-state index contributed by atoms with van der Waals surface area (Å²) in [6.07, 6.45) is 5.92. The molecule has 7 nitrogen and oxygen atoms in total. The molecule has 0 saturated carbocycles. The number of nitrogens with zero attached hydrogens (tertiary/aromatic N) is 2. The van der Waals surface area contributed by atoms with Crippen LogP contribution < -0.4 is 10.3 Å². The van der Waals surface area contributed by atoms with Crippen LogP contribution in [-0.4, -0.2) is 29.0 Å². The van der Waals surface area contributed by atoms with E-state index in [2.05, 4.69) is 9.97 Å². The lowest BCUT2D eigenvalue weighted by molar-refractivity contribution is 0.464. The second-order valence-corrected chi connectivity index (χ2v) is 9.62. The summed E-state index contributed by atoms with van der Waals surface area (Å²) in [6, 6.07) is 10.4. The van der Waals surface area contributed by atoms with Crippen LogP contribution in [0.25, 0.3) is 16.8 Å². The maximum atomic E-state index is 12.3. The van der Waals surface area contributed by atoms with E-state index in [4.69, 9.17) is 16.3 Å². The quantitative estimate of drug-likeness (QED) is 0.503. The Bertz CT molecular complexity index is 1410. The van der Waals surface area contributed by atoms with E-state index in [1.165, 1.54) is 12.5 Å². The van der Waals surface area contributed by atoms with E-state index in [1.807, 2.05) is 13.0 Å². The Labute approximate surface area is 177 Å². The molecule has 0 unspecified atom stereocenters. The Kier molecular flexibility index (Phi) is 5.13. The van der Waals surface area contributed by atoms with Gasteiger partial charge in [-0.1, -0.05) is 11.6 Å². The first-order valence-electron chi connectivity index (χ1n) is 9.01. The van der Waals surface area contributed by atoms with Crippen LogP contribution in [0.5, 0.6) is 11.6 Å². The molecule has 4 aromatic rings. The van der Waals surface area contributed by atoms with Gasteiger partial charge in [0.25, 0.3) is 5.56 Å². The van der Waals surface area contributed by atoms with Crippen molar-refractivity contribution in [2.75, 3.05) is 6.26 Å². The van der Waals surface area contributed by atoms with Crippen molar-refractivity contribution in [1.29, 1.82) is 0 Å². The molecule has 154 valence electrons. The lowest BCUT2D eigenvalue weighted by Crippen LogP contribution is -2.09. The SMILES string of the molecule is Cc1cc(-c2cc(CS(C)(=O)=O)cnc2Oc2ccc(Cl)cc2)n2cc[nH]c(=O)c12. The van der Waals surface area contributed by atoms with E-state index < -0.39 is 9.84 Å². The fourth-order valence-electron chi connectivity index (χ4n) is 3.32. The summed E-state index contributed by atoms with van der Waals surface area (Å²) in [7, 11) is -3.25. The van der Waals surface area contributed by atoms with Gasteiger partial charge in [-0.2, -0.15) is 0 Å². The molecule has 0 amide bonds. The van der Waals surface area contributed by atoms with Gasteiger partial charge in [0.15, 0.2) is 9.84 Å². The first-order chi connectivity index (χ1) is 14.2. The van der Waals surface area contributed by atoms with E-state index in [0.29, 0.717) is 33.1 Å². The van der Waals surface area contributed by atoms with Crippen LogP contribution in [0.4, 0.5) is 0 Å². The minimum atomic E-state index is -3.25. The van der Waals surface area contributed by atoms with Gasteiger partial charge >= 0.3 is 0 Å². The van der Waals surface area contributed by atoms with Crippen LogP contribution in [0.15, 0.2) is 59.8 Å². The molecule has 0 saturated heterocycles. The number of benzene rings is 1. The van der Waals surface area contributed by atoms with Crippen molar-refractivity contribution in [2.45, 2.75) is 12.7 Å². The number of aromatic amines is 1. The molecule has 0 spiro atoms.